The van der Waals surface area contributed by atoms with Crippen LogP contribution in [0.4, 0.5) is 5.69 Å². The van der Waals surface area contributed by atoms with Gasteiger partial charge in [-0.2, -0.15) is 0 Å². The molecule has 9 heteroatoms. The second kappa shape index (κ2) is 8.24. The number of rotatable bonds is 5. The average Bonchev–Trinajstić information content (AvgIpc) is 3.09. The fraction of sp³-hybridized carbons (Fsp3) is 0.263. The van der Waals surface area contributed by atoms with Crippen molar-refractivity contribution in [3.8, 4) is 0 Å². The molecular weight excluding hydrogens is 398 g/mol. The quantitative estimate of drug-likeness (QED) is 0.570. The monoisotopic (exact) mass is 419 g/mol. The van der Waals surface area contributed by atoms with Crippen molar-refractivity contribution >= 4 is 39.3 Å². The molecule has 0 aromatic heterocycles. The molecule has 0 radical (unpaired) electrons. The number of hydrazine groups is 1. The molecule has 2 aromatic rings. The Morgan fingerprint density at radius 2 is 1.82 bits per heavy atom. The standard InChI is InChI=1S/C19H21N3O4S2/c1-13-3-6-16(7-4-13)27-12-18(23)20-21-19(24)15-5-8-17-14(11-15)9-10-22(17)28(2,25)26/h3-8,11H,9-10,12H2,1-2H3,(H,20,23)(H,21,24). The van der Waals surface area contributed by atoms with Gasteiger partial charge in [0.2, 0.25) is 15.9 Å². The lowest BCUT2D eigenvalue weighted by Gasteiger charge is -2.16. The van der Waals surface area contributed by atoms with Crippen LogP contribution in [0.3, 0.4) is 0 Å². The van der Waals surface area contributed by atoms with Crippen LogP contribution in [0.15, 0.2) is 47.4 Å². The van der Waals surface area contributed by atoms with Crippen molar-refractivity contribution in [2.24, 2.45) is 0 Å². The van der Waals surface area contributed by atoms with Gasteiger partial charge in [-0.3, -0.25) is 24.7 Å². The fourth-order valence-corrected chi connectivity index (χ4v) is 4.53. The van der Waals surface area contributed by atoms with Crippen LogP contribution in [0.5, 0.6) is 0 Å². The smallest absolute Gasteiger partial charge is 0.269 e. The summed E-state index contributed by atoms with van der Waals surface area (Å²) < 4.78 is 24.9. The summed E-state index contributed by atoms with van der Waals surface area (Å²) in [5, 5.41) is 0. The topological polar surface area (TPSA) is 95.6 Å². The van der Waals surface area contributed by atoms with E-state index in [2.05, 4.69) is 10.9 Å². The summed E-state index contributed by atoms with van der Waals surface area (Å²) in [6.07, 6.45) is 1.70. The summed E-state index contributed by atoms with van der Waals surface area (Å²) in [7, 11) is -3.33. The Labute approximate surface area is 168 Å². The molecule has 7 nitrogen and oxygen atoms in total. The molecule has 2 amide bonds. The second-order valence-corrected chi connectivity index (χ2v) is 9.49. The van der Waals surface area contributed by atoms with E-state index in [1.165, 1.54) is 16.1 Å². The second-order valence-electron chi connectivity index (χ2n) is 6.53. The Balaban J connectivity index is 1.54. The molecule has 0 spiro atoms. The van der Waals surface area contributed by atoms with Crippen molar-refractivity contribution in [3.63, 3.8) is 0 Å². The van der Waals surface area contributed by atoms with Crippen LogP contribution in [0.1, 0.15) is 21.5 Å². The molecule has 148 valence electrons. The summed E-state index contributed by atoms with van der Waals surface area (Å²) in [5.74, 6) is -0.589. The lowest BCUT2D eigenvalue weighted by Crippen LogP contribution is -2.42. The predicted octanol–water partition coefficient (Wildman–Crippen LogP) is 1.87. The molecule has 0 saturated carbocycles. The minimum Gasteiger partial charge on any atom is -0.272 e. The predicted molar refractivity (Wildman–Crippen MR) is 110 cm³/mol. The van der Waals surface area contributed by atoms with E-state index in [0.29, 0.717) is 24.2 Å². The maximum Gasteiger partial charge on any atom is 0.269 e. The molecule has 28 heavy (non-hydrogen) atoms. The number of hydrogen-bond acceptors (Lipinski definition) is 5. The molecule has 1 heterocycles. The third-order valence-electron chi connectivity index (χ3n) is 4.30. The van der Waals surface area contributed by atoms with Crippen molar-refractivity contribution in [2.45, 2.75) is 18.2 Å². The maximum atomic E-state index is 12.3. The summed E-state index contributed by atoms with van der Waals surface area (Å²) in [4.78, 5) is 25.2. The van der Waals surface area contributed by atoms with E-state index in [-0.39, 0.29) is 11.7 Å². The molecule has 2 aromatic carbocycles. The van der Waals surface area contributed by atoms with E-state index in [9.17, 15) is 18.0 Å². The number of aryl methyl sites for hydroxylation is 1. The lowest BCUT2D eigenvalue weighted by atomic mass is 10.1. The molecule has 1 aliphatic heterocycles. The summed E-state index contributed by atoms with van der Waals surface area (Å²) >= 11 is 1.38. The highest BCUT2D eigenvalue weighted by atomic mass is 32.2. The number of fused-ring (bicyclic) bond motifs is 1. The van der Waals surface area contributed by atoms with E-state index in [0.717, 1.165) is 22.3 Å². The number of hydrogen-bond donors (Lipinski definition) is 2. The first-order chi connectivity index (χ1) is 13.2. The van der Waals surface area contributed by atoms with Crippen LogP contribution in [0.2, 0.25) is 0 Å². The van der Waals surface area contributed by atoms with Gasteiger partial charge in [-0.15, -0.1) is 11.8 Å². The molecule has 3 rings (SSSR count). The van der Waals surface area contributed by atoms with Gasteiger partial charge in [-0.25, -0.2) is 8.42 Å². The minimum absolute atomic E-state index is 0.177. The van der Waals surface area contributed by atoms with Gasteiger partial charge in [-0.1, -0.05) is 17.7 Å². The van der Waals surface area contributed by atoms with Crippen molar-refractivity contribution in [1.82, 2.24) is 10.9 Å². The van der Waals surface area contributed by atoms with Crippen molar-refractivity contribution in [1.29, 1.82) is 0 Å². The highest BCUT2D eigenvalue weighted by Crippen LogP contribution is 2.30. The lowest BCUT2D eigenvalue weighted by molar-refractivity contribution is -0.119. The Morgan fingerprint density at radius 1 is 1.11 bits per heavy atom. The molecule has 0 saturated heterocycles. The van der Waals surface area contributed by atoms with Crippen molar-refractivity contribution in [2.75, 3.05) is 22.9 Å². The van der Waals surface area contributed by atoms with Crippen LogP contribution in [0, 0.1) is 6.92 Å². The van der Waals surface area contributed by atoms with E-state index in [1.54, 1.807) is 18.2 Å². The molecule has 1 aliphatic rings. The van der Waals surface area contributed by atoms with Gasteiger partial charge in [0, 0.05) is 17.0 Å². The average molecular weight is 420 g/mol. The van der Waals surface area contributed by atoms with Gasteiger partial charge in [0.25, 0.3) is 5.91 Å². The molecular formula is C19H21N3O4S2. The third kappa shape index (κ3) is 4.85. The van der Waals surface area contributed by atoms with Crippen molar-refractivity contribution < 1.29 is 18.0 Å². The van der Waals surface area contributed by atoms with Gasteiger partial charge < -0.3 is 0 Å². The number of anilines is 1. The summed E-state index contributed by atoms with van der Waals surface area (Å²) in [5.41, 5.74) is 7.69. The molecule has 0 fully saturated rings. The van der Waals surface area contributed by atoms with E-state index < -0.39 is 15.9 Å². The number of carbonyl (C=O) groups excluding carboxylic acids is 2. The van der Waals surface area contributed by atoms with E-state index >= 15 is 0 Å². The molecule has 2 N–H and O–H groups in total. The molecule has 0 unspecified atom stereocenters. The molecule has 0 bridgehead atoms. The third-order valence-corrected chi connectivity index (χ3v) is 6.49. The first-order valence-corrected chi connectivity index (χ1v) is 11.5. The van der Waals surface area contributed by atoms with E-state index in [4.69, 9.17) is 0 Å². The highest BCUT2D eigenvalue weighted by molar-refractivity contribution is 8.00. The Morgan fingerprint density at radius 3 is 2.50 bits per heavy atom. The fourth-order valence-electron chi connectivity index (χ4n) is 2.88. The number of nitrogens with one attached hydrogen (secondary N) is 2. The SMILES string of the molecule is Cc1ccc(SCC(=O)NNC(=O)c2ccc3c(c2)CCN3S(C)(=O)=O)cc1. The number of benzene rings is 2. The van der Waals surface area contributed by atoms with Gasteiger partial charge in [0.05, 0.1) is 17.7 Å². The number of amides is 2. The van der Waals surface area contributed by atoms with Gasteiger partial charge in [-0.05, 0) is 49.2 Å². The van der Waals surface area contributed by atoms with Gasteiger partial charge in [0.1, 0.15) is 0 Å². The largest absolute Gasteiger partial charge is 0.272 e. The van der Waals surface area contributed by atoms with Crippen LogP contribution in [0.25, 0.3) is 0 Å². The first-order valence-electron chi connectivity index (χ1n) is 8.63. The first kappa shape index (κ1) is 20.2. The zero-order valence-electron chi connectivity index (χ0n) is 15.6. The highest BCUT2D eigenvalue weighted by Gasteiger charge is 2.26. The van der Waals surface area contributed by atoms with E-state index in [1.807, 2.05) is 31.2 Å². The van der Waals surface area contributed by atoms with Crippen molar-refractivity contribution in [3.05, 3.63) is 59.2 Å². The molecule has 0 atom stereocenters. The van der Waals surface area contributed by atoms with Crippen LogP contribution >= 0.6 is 11.8 Å². The number of nitrogens with zero attached hydrogens (tertiary/aromatic N) is 1. The zero-order chi connectivity index (χ0) is 20.3. The molecule has 0 aliphatic carbocycles. The zero-order valence-corrected chi connectivity index (χ0v) is 17.2. The summed E-state index contributed by atoms with van der Waals surface area (Å²) in [6, 6.07) is 12.6. The van der Waals surface area contributed by atoms with Gasteiger partial charge in [0.15, 0.2) is 0 Å². The number of sulfonamides is 1. The van der Waals surface area contributed by atoms with Crippen LogP contribution in [-0.2, 0) is 21.2 Å². The Kier molecular flexibility index (Phi) is 5.95. The van der Waals surface area contributed by atoms with Crippen LogP contribution in [-0.4, -0.2) is 38.8 Å². The van der Waals surface area contributed by atoms with Crippen LogP contribution < -0.4 is 15.2 Å². The normalized spacial score (nSPS) is 13.1. The Hall–Kier alpha value is -2.52. The maximum absolute atomic E-state index is 12.3. The Bertz CT molecular complexity index is 1000. The number of carbonyl (C=O) groups is 2. The minimum atomic E-state index is -3.33. The number of thioether (sulfide) groups is 1. The van der Waals surface area contributed by atoms with Gasteiger partial charge >= 0.3 is 0 Å². The summed E-state index contributed by atoms with van der Waals surface area (Å²) in [6.45, 7) is 2.36.